The van der Waals surface area contributed by atoms with Crippen molar-refractivity contribution in [3.05, 3.63) is 47.4 Å². The molecule has 0 bridgehead atoms. The highest BCUT2D eigenvalue weighted by Gasteiger charge is 2.42. The lowest BCUT2D eigenvalue weighted by Crippen LogP contribution is -2.27. The molecule has 1 saturated carbocycles. The zero-order valence-corrected chi connectivity index (χ0v) is 12.4. The van der Waals surface area contributed by atoms with Gasteiger partial charge in [0.25, 0.3) is 10.0 Å². The minimum atomic E-state index is -3.66. The van der Waals surface area contributed by atoms with E-state index < -0.39 is 10.0 Å². The summed E-state index contributed by atoms with van der Waals surface area (Å²) in [4.78, 5) is 3.85. The molecule has 106 valence electrons. The lowest BCUT2D eigenvalue weighted by molar-refractivity contribution is 0.576. The third kappa shape index (κ3) is 2.46. The standard InChI is InChI=1S/C13H14ClN3O2S/c1-17-8-15-13(12(17)14)20(18,19)16-11-7-10(11)9-5-3-2-4-6-9/h2-6,8,10-11,16H,7H2,1H3. The summed E-state index contributed by atoms with van der Waals surface area (Å²) in [6.45, 7) is 0. The molecule has 1 heterocycles. The van der Waals surface area contributed by atoms with Crippen LogP contribution in [0.5, 0.6) is 0 Å². The summed E-state index contributed by atoms with van der Waals surface area (Å²) in [6, 6.07) is 9.78. The Morgan fingerprint density at radius 1 is 1.35 bits per heavy atom. The first-order chi connectivity index (χ1) is 9.49. The van der Waals surface area contributed by atoms with Crippen LogP contribution in [0, 0.1) is 0 Å². The van der Waals surface area contributed by atoms with Crippen LogP contribution in [0.15, 0.2) is 41.7 Å². The number of hydrogen-bond acceptors (Lipinski definition) is 3. The number of imidazole rings is 1. The molecule has 7 heteroatoms. The summed E-state index contributed by atoms with van der Waals surface area (Å²) < 4.78 is 28.6. The van der Waals surface area contributed by atoms with Gasteiger partial charge in [-0.25, -0.2) is 18.1 Å². The summed E-state index contributed by atoms with van der Waals surface area (Å²) in [6.07, 6.45) is 2.19. The van der Waals surface area contributed by atoms with Gasteiger partial charge in [-0.05, 0) is 12.0 Å². The number of rotatable bonds is 4. The van der Waals surface area contributed by atoms with Crippen LogP contribution in [0.4, 0.5) is 0 Å². The molecule has 1 fully saturated rings. The smallest absolute Gasteiger partial charge is 0.261 e. The molecular weight excluding hydrogens is 298 g/mol. The van der Waals surface area contributed by atoms with Gasteiger partial charge in [-0.15, -0.1) is 0 Å². The number of sulfonamides is 1. The van der Waals surface area contributed by atoms with Gasteiger partial charge in [0, 0.05) is 19.0 Å². The third-order valence-electron chi connectivity index (χ3n) is 3.41. The monoisotopic (exact) mass is 311 g/mol. The molecule has 0 aliphatic heterocycles. The van der Waals surface area contributed by atoms with Crippen LogP contribution in [0.3, 0.4) is 0 Å². The molecule has 1 N–H and O–H groups in total. The first-order valence-corrected chi connectivity index (χ1v) is 8.09. The Labute approximate surface area is 122 Å². The Hall–Kier alpha value is -1.37. The van der Waals surface area contributed by atoms with Crippen molar-refractivity contribution in [2.75, 3.05) is 0 Å². The number of nitrogens with zero attached hydrogens (tertiary/aromatic N) is 2. The summed E-state index contributed by atoms with van der Waals surface area (Å²) >= 11 is 5.93. The van der Waals surface area contributed by atoms with Crippen LogP contribution in [0.1, 0.15) is 17.9 Å². The molecule has 0 radical (unpaired) electrons. The number of aromatic nitrogens is 2. The first-order valence-electron chi connectivity index (χ1n) is 6.23. The van der Waals surface area contributed by atoms with Crippen molar-refractivity contribution in [3.8, 4) is 0 Å². The van der Waals surface area contributed by atoms with Gasteiger partial charge < -0.3 is 4.57 Å². The van der Waals surface area contributed by atoms with Gasteiger partial charge in [-0.2, -0.15) is 0 Å². The summed E-state index contributed by atoms with van der Waals surface area (Å²) in [5, 5.41) is 0.00906. The van der Waals surface area contributed by atoms with Crippen LogP contribution in [-0.2, 0) is 17.1 Å². The van der Waals surface area contributed by atoms with Crippen molar-refractivity contribution in [2.24, 2.45) is 7.05 Å². The van der Waals surface area contributed by atoms with Crippen LogP contribution in [-0.4, -0.2) is 24.0 Å². The topological polar surface area (TPSA) is 64.0 Å². The molecule has 2 unspecified atom stereocenters. The Morgan fingerprint density at radius 3 is 2.65 bits per heavy atom. The van der Waals surface area contributed by atoms with Crippen LogP contribution < -0.4 is 4.72 Å². The molecule has 5 nitrogen and oxygen atoms in total. The Kier molecular flexibility index (Phi) is 3.32. The lowest BCUT2D eigenvalue weighted by Gasteiger charge is -2.05. The molecule has 1 aromatic carbocycles. The second-order valence-electron chi connectivity index (χ2n) is 4.93. The van der Waals surface area contributed by atoms with Gasteiger partial charge in [0.15, 0.2) is 0 Å². The van der Waals surface area contributed by atoms with Gasteiger partial charge in [0.05, 0.1) is 6.33 Å². The van der Waals surface area contributed by atoms with Crippen molar-refractivity contribution in [1.82, 2.24) is 14.3 Å². The molecule has 0 amide bonds. The average molecular weight is 312 g/mol. The number of nitrogens with one attached hydrogen (secondary N) is 1. The lowest BCUT2D eigenvalue weighted by atomic mass is 10.1. The molecule has 1 aromatic heterocycles. The van der Waals surface area contributed by atoms with E-state index in [0.717, 1.165) is 12.0 Å². The van der Waals surface area contributed by atoms with Crippen molar-refractivity contribution >= 4 is 21.6 Å². The molecular formula is C13H14ClN3O2S. The number of halogens is 1. The molecule has 3 rings (SSSR count). The molecule has 1 aliphatic carbocycles. The molecule has 0 spiro atoms. The largest absolute Gasteiger partial charge is 0.324 e. The Balaban J connectivity index is 1.75. The van der Waals surface area contributed by atoms with Gasteiger partial charge in [-0.1, -0.05) is 41.9 Å². The Morgan fingerprint density at radius 2 is 2.05 bits per heavy atom. The predicted molar refractivity (Wildman–Crippen MR) is 76.1 cm³/mol. The zero-order valence-electron chi connectivity index (χ0n) is 10.8. The third-order valence-corrected chi connectivity index (χ3v) is 5.39. The van der Waals surface area contributed by atoms with E-state index in [4.69, 9.17) is 11.6 Å². The molecule has 2 atom stereocenters. The number of hydrogen-bond donors (Lipinski definition) is 1. The number of aryl methyl sites for hydroxylation is 1. The molecule has 1 aliphatic rings. The van der Waals surface area contributed by atoms with E-state index in [2.05, 4.69) is 9.71 Å². The summed E-state index contributed by atoms with van der Waals surface area (Å²) in [5.74, 6) is 0.230. The Bertz CT molecular complexity index is 727. The van der Waals surface area contributed by atoms with E-state index in [1.165, 1.54) is 10.9 Å². The van der Waals surface area contributed by atoms with Crippen LogP contribution >= 0.6 is 11.6 Å². The van der Waals surface area contributed by atoms with Crippen LogP contribution in [0.25, 0.3) is 0 Å². The fourth-order valence-electron chi connectivity index (χ4n) is 2.22. The maximum atomic E-state index is 12.2. The summed E-state index contributed by atoms with van der Waals surface area (Å²) in [5.41, 5.74) is 1.15. The predicted octanol–water partition coefficient (Wildman–Crippen LogP) is 1.91. The van der Waals surface area contributed by atoms with Crippen LogP contribution in [0.2, 0.25) is 5.15 Å². The van der Waals surface area contributed by atoms with E-state index >= 15 is 0 Å². The van der Waals surface area contributed by atoms with Gasteiger partial charge in [0.1, 0.15) is 5.15 Å². The minimum absolute atomic E-state index is 0.0829. The summed E-state index contributed by atoms with van der Waals surface area (Å²) in [7, 11) is -2.01. The van der Waals surface area contributed by atoms with Gasteiger partial charge >= 0.3 is 0 Å². The minimum Gasteiger partial charge on any atom is -0.324 e. The maximum Gasteiger partial charge on any atom is 0.261 e. The molecule has 2 aromatic rings. The van der Waals surface area contributed by atoms with E-state index in [0.29, 0.717) is 0 Å². The first kappa shape index (κ1) is 13.6. The average Bonchev–Trinajstić information content (AvgIpc) is 3.09. The fourth-order valence-corrected chi connectivity index (χ4v) is 3.94. The van der Waals surface area contributed by atoms with Crippen molar-refractivity contribution in [2.45, 2.75) is 23.4 Å². The second kappa shape index (κ2) is 4.87. The van der Waals surface area contributed by atoms with Gasteiger partial charge in [0.2, 0.25) is 5.03 Å². The maximum absolute atomic E-state index is 12.2. The highest BCUT2D eigenvalue weighted by Crippen LogP contribution is 2.41. The van der Waals surface area contributed by atoms with E-state index in [-0.39, 0.29) is 22.1 Å². The van der Waals surface area contributed by atoms with Gasteiger partial charge in [-0.3, -0.25) is 0 Å². The quantitative estimate of drug-likeness (QED) is 0.938. The molecule has 0 saturated heterocycles. The normalized spacial score (nSPS) is 21.9. The van der Waals surface area contributed by atoms with E-state index in [1.807, 2.05) is 30.3 Å². The van der Waals surface area contributed by atoms with E-state index in [1.54, 1.807) is 7.05 Å². The highest BCUT2D eigenvalue weighted by atomic mass is 35.5. The second-order valence-corrected chi connectivity index (χ2v) is 6.92. The molecule has 20 heavy (non-hydrogen) atoms. The number of benzene rings is 1. The SMILES string of the molecule is Cn1cnc(S(=O)(=O)NC2CC2c2ccccc2)c1Cl. The van der Waals surface area contributed by atoms with Crippen molar-refractivity contribution in [3.63, 3.8) is 0 Å². The zero-order chi connectivity index (χ0) is 14.3. The van der Waals surface area contributed by atoms with E-state index in [9.17, 15) is 8.42 Å². The fraction of sp³-hybridized carbons (Fsp3) is 0.308. The van der Waals surface area contributed by atoms with Crippen molar-refractivity contribution in [1.29, 1.82) is 0 Å². The van der Waals surface area contributed by atoms with Crippen molar-refractivity contribution < 1.29 is 8.42 Å². The highest BCUT2D eigenvalue weighted by molar-refractivity contribution is 7.89.